The van der Waals surface area contributed by atoms with E-state index < -0.39 is 15.9 Å². The lowest BCUT2D eigenvalue weighted by atomic mass is 10.2. The van der Waals surface area contributed by atoms with E-state index in [2.05, 4.69) is 14.8 Å². The SMILES string of the molecule is CNC(=O)c1nn(-c2ccc(C)cc2)sc1=NS(=O)(=O)c1ccc(C)cc1. The number of carbonyl (C=O) groups excluding carboxylic acids is 1. The summed E-state index contributed by atoms with van der Waals surface area (Å²) >= 11 is 0.986. The van der Waals surface area contributed by atoms with Crippen molar-refractivity contribution in [1.29, 1.82) is 0 Å². The first-order valence-corrected chi connectivity index (χ1v) is 10.3. The lowest BCUT2D eigenvalue weighted by Gasteiger charge is -1.99. The Kier molecular flexibility index (Phi) is 5.24. The number of hydrogen-bond acceptors (Lipinski definition) is 5. The van der Waals surface area contributed by atoms with Crippen molar-refractivity contribution in [3.05, 3.63) is 70.0 Å². The maximum Gasteiger partial charge on any atom is 0.283 e. The van der Waals surface area contributed by atoms with Crippen LogP contribution in [0.25, 0.3) is 5.69 Å². The van der Waals surface area contributed by atoms with Gasteiger partial charge in [-0.1, -0.05) is 35.4 Å². The minimum absolute atomic E-state index is 0.0236. The summed E-state index contributed by atoms with van der Waals surface area (Å²) in [6.07, 6.45) is 0. The smallest absolute Gasteiger partial charge is 0.283 e. The number of nitrogens with zero attached hydrogens (tertiary/aromatic N) is 3. The van der Waals surface area contributed by atoms with Crippen LogP contribution in [-0.4, -0.2) is 30.5 Å². The minimum atomic E-state index is -3.97. The van der Waals surface area contributed by atoms with Crippen LogP contribution in [-0.2, 0) is 10.0 Å². The average Bonchev–Trinajstić information content (AvgIpc) is 3.05. The third-order valence-corrected chi connectivity index (χ3v) is 6.11. The van der Waals surface area contributed by atoms with E-state index in [1.54, 1.807) is 12.1 Å². The molecule has 0 radical (unpaired) electrons. The van der Waals surface area contributed by atoms with Gasteiger partial charge in [0.1, 0.15) is 0 Å². The van der Waals surface area contributed by atoms with Gasteiger partial charge in [0.15, 0.2) is 10.4 Å². The summed E-state index contributed by atoms with van der Waals surface area (Å²) in [6, 6.07) is 13.9. The van der Waals surface area contributed by atoms with E-state index in [1.807, 2.05) is 38.1 Å². The highest BCUT2D eigenvalue weighted by Crippen LogP contribution is 2.14. The van der Waals surface area contributed by atoms with Crippen molar-refractivity contribution in [2.24, 2.45) is 4.40 Å². The molecule has 0 saturated heterocycles. The summed E-state index contributed by atoms with van der Waals surface area (Å²) in [5.41, 5.74) is 2.69. The summed E-state index contributed by atoms with van der Waals surface area (Å²) in [4.78, 5) is 12.2. The van der Waals surface area contributed by atoms with Crippen molar-refractivity contribution >= 4 is 27.5 Å². The summed E-state index contributed by atoms with van der Waals surface area (Å²) < 4.78 is 30.6. The molecular weight excluding hydrogens is 384 g/mol. The van der Waals surface area contributed by atoms with Crippen LogP contribution in [0.1, 0.15) is 21.6 Å². The minimum Gasteiger partial charge on any atom is -0.354 e. The monoisotopic (exact) mass is 402 g/mol. The molecule has 1 heterocycles. The van der Waals surface area contributed by atoms with Crippen LogP contribution in [0.5, 0.6) is 0 Å². The van der Waals surface area contributed by atoms with Gasteiger partial charge in [-0.05, 0) is 49.6 Å². The number of aromatic nitrogens is 2. The van der Waals surface area contributed by atoms with E-state index in [0.717, 1.165) is 22.7 Å². The fourth-order valence-corrected chi connectivity index (χ4v) is 4.31. The van der Waals surface area contributed by atoms with Gasteiger partial charge in [-0.15, -0.1) is 9.50 Å². The standard InChI is InChI=1S/C18H18N4O3S2/c1-12-4-8-14(9-5-12)22-20-16(17(23)19-3)18(26-22)21-27(24,25)15-10-6-13(2)7-11-15/h4-11H,1-3H3,(H,19,23). The van der Waals surface area contributed by atoms with Crippen LogP contribution < -0.4 is 9.99 Å². The Morgan fingerprint density at radius 1 is 1.04 bits per heavy atom. The van der Waals surface area contributed by atoms with Gasteiger partial charge in [-0.3, -0.25) is 4.79 Å². The molecule has 0 aliphatic heterocycles. The zero-order valence-electron chi connectivity index (χ0n) is 15.0. The van der Waals surface area contributed by atoms with Gasteiger partial charge in [0.25, 0.3) is 15.9 Å². The molecule has 0 bridgehead atoms. The maximum atomic E-state index is 12.6. The number of benzene rings is 2. The van der Waals surface area contributed by atoms with E-state index in [1.165, 1.54) is 23.3 Å². The molecule has 0 spiro atoms. The number of carbonyl (C=O) groups is 1. The second kappa shape index (κ2) is 7.45. The Hall–Kier alpha value is -2.78. The lowest BCUT2D eigenvalue weighted by Crippen LogP contribution is -2.24. The predicted octanol–water partition coefficient (Wildman–Crippen LogP) is 2.20. The van der Waals surface area contributed by atoms with E-state index in [-0.39, 0.29) is 15.3 Å². The first-order chi connectivity index (χ1) is 12.8. The molecular formula is C18H18N4O3S2. The molecule has 140 valence electrons. The molecule has 3 rings (SSSR count). The Morgan fingerprint density at radius 2 is 1.59 bits per heavy atom. The fourth-order valence-electron chi connectivity index (χ4n) is 2.25. The summed E-state index contributed by atoms with van der Waals surface area (Å²) in [6.45, 7) is 3.83. The number of sulfonamides is 1. The molecule has 0 aliphatic rings. The highest BCUT2D eigenvalue weighted by atomic mass is 32.2. The van der Waals surface area contributed by atoms with E-state index >= 15 is 0 Å². The molecule has 0 atom stereocenters. The first-order valence-electron chi connectivity index (χ1n) is 8.07. The third kappa shape index (κ3) is 4.15. The van der Waals surface area contributed by atoms with Crippen molar-refractivity contribution < 1.29 is 13.2 Å². The topological polar surface area (TPSA) is 93.4 Å². The second-order valence-corrected chi connectivity index (χ2v) is 8.43. The molecule has 1 aromatic heterocycles. The van der Waals surface area contributed by atoms with Crippen LogP contribution in [0.15, 0.2) is 57.8 Å². The molecule has 1 N–H and O–H groups in total. The second-order valence-electron chi connectivity index (χ2n) is 5.91. The fraction of sp³-hybridized carbons (Fsp3) is 0.167. The van der Waals surface area contributed by atoms with Crippen LogP contribution in [0.2, 0.25) is 0 Å². The summed E-state index contributed by atoms with van der Waals surface area (Å²) in [7, 11) is -2.51. The zero-order chi connectivity index (χ0) is 19.6. The van der Waals surface area contributed by atoms with Gasteiger partial charge >= 0.3 is 0 Å². The molecule has 9 heteroatoms. The molecule has 7 nitrogen and oxygen atoms in total. The van der Waals surface area contributed by atoms with Gasteiger partial charge in [0.05, 0.1) is 10.6 Å². The van der Waals surface area contributed by atoms with Crippen molar-refractivity contribution in [3.8, 4) is 5.69 Å². The number of amides is 1. The Labute approximate surface area is 161 Å². The normalized spacial score (nSPS) is 12.2. The Morgan fingerprint density at radius 3 is 2.15 bits per heavy atom. The third-order valence-electron chi connectivity index (χ3n) is 3.79. The Bertz CT molecular complexity index is 1140. The van der Waals surface area contributed by atoms with Crippen molar-refractivity contribution in [3.63, 3.8) is 0 Å². The molecule has 1 amide bonds. The van der Waals surface area contributed by atoms with Gasteiger partial charge in [-0.2, -0.15) is 12.5 Å². The summed E-state index contributed by atoms with van der Waals surface area (Å²) in [5, 5.41) is 6.70. The van der Waals surface area contributed by atoms with Crippen LogP contribution in [0.3, 0.4) is 0 Å². The largest absolute Gasteiger partial charge is 0.354 e. The van der Waals surface area contributed by atoms with Gasteiger partial charge in [0.2, 0.25) is 0 Å². The molecule has 0 aliphatic carbocycles. The highest BCUT2D eigenvalue weighted by Gasteiger charge is 2.19. The molecule has 0 fully saturated rings. The molecule has 2 aromatic carbocycles. The average molecular weight is 403 g/mol. The van der Waals surface area contributed by atoms with Gasteiger partial charge < -0.3 is 5.32 Å². The number of rotatable bonds is 4. The van der Waals surface area contributed by atoms with Crippen LogP contribution in [0.4, 0.5) is 0 Å². The highest BCUT2D eigenvalue weighted by molar-refractivity contribution is 7.90. The van der Waals surface area contributed by atoms with Gasteiger partial charge in [-0.25, -0.2) is 0 Å². The van der Waals surface area contributed by atoms with Crippen LogP contribution in [0, 0.1) is 13.8 Å². The quantitative estimate of drug-likeness (QED) is 0.724. The Balaban J connectivity index is 2.15. The lowest BCUT2D eigenvalue weighted by molar-refractivity contribution is 0.0956. The van der Waals surface area contributed by atoms with Crippen molar-refractivity contribution in [2.45, 2.75) is 18.7 Å². The number of hydrogen-bond donors (Lipinski definition) is 1. The maximum absolute atomic E-state index is 12.6. The molecule has 0 saturated carbocycles. The van der Waals surface area contributed by atoms with E-state index in [9.17, 15) is 13.2 Å². The van der Waals surface area contributed by atoms with Crippen molar-refractivity contribution in [2.75, 3.05) is 7.05 Å². The van der Waals surface area contributed by atoms with E-state index in [4.69, 9.17) is 0 Å². The number of aryl methyl sites for hydroxylation is 2. The van der Waals surface area contributed by atoms with E-state index in [0.29, 0.717) is 5.69 Å². The van der Waals surface area contributed by atoms with Crippen LogP contribution >= 0.6 is 11.5 Å². The van der Waals surface area contributed by atoms with Crippen molar-refractivity contribution in [1.82, 2.24) is 14.5 Å². The van der Waals surface area contributed by atoms with Gasteiger partial charge in [0, 0.05) is 7.05 Å². The molecule has 3 aromatic rings. The molecule has 27 heavy (non-hydrogen) atoms. The molecule has 0 unspecified atom stereocenters. The first kappa shape index (κ1) is 19.0. The number of nitrogens with one attached hydrogen (secondary N) is 1. The summed E-state index contributed by atoms with van der Waals surface area (Å²) in [5.74, 6) is -0.505. The zero-order valence-corrected chi connectivity index (χ0v) is 16.6. The predicted molar refractivity (Wildman–Crippen MR) is 103 cm³/mol.